The Kier molecular flexibility index (Phi) is 9.06. The van der Waals surface area contributed by atoms with Crippen LogP contribution in [0.1, 0.15) is 64.5 Å². The number of hydrogen-bond donors (Lipinski definition) is 0. The highest BCUT2D eigenvalue weighted by Gasteiger charge is 2.41. The first-order valence-electron chi connectivity index (χ1n) is 16.9. The molecule has 0 aliphatic carbocycles. The third kappa shape index (κ3) is 5.89. The van der Waals surface area contributed by atoms with Crippen molar-refractivity contribution in [1.29, 1.82) is 0 Å². The van der Waals surface area contributed by atoms with E-state index in [1.807, 2.05) is 79.7 Å². The van der Waals surface area contributed by atoms with E-state index in [0.29, 0.717) is 18.1 Å². The SMILES string of the molecule is CCCc1nc(CC)c(C=O)n1Cc1ccc(-c2ccccc2-c2nnn(C(c3ccccc3)(c3ccccc3)c3ccccc3)n2)cc1. The second kappa shape index (κ2) is 14.0. The van der Waals surface area contributed by atoms with Gasteiger partial charge in [0.1, 0.15) is 11.5 Å². The highest BCUT2D eigenvalue weighted by atomic mass is 16.1. The summed E-state index contributed by atoms with van der Waals surface area (Å²) in [6.45, 7) is 4.77. The Morgan fingerprint density at radius 1 is 0.673 bits per heavy atom. The van der Waals surface area contributed by atoms with Gasteiger partial charge in [0.25, 0.3) is 0 Å². The minimum absolute atomic E-state index is 0.539. The molecule has 0 bridgehead atoms. The standard InChI is InChI=1S/C42H38N6O/c1-3-16-40-43-38(4-2)39(30-49)47(40)29-31-25-27-32(28-26-31)36-23-14-15-24-37(36)41-44-46-48(45-41)42(33-17-8-5-9-18-33,34-19-10-6-11-20-34)35-21-12-7-13-22-35/h5-15,17-28,30H,3-4,16,29H2,1-2H3. The van der Waals surface area contributed by atoms with Crippen LogP contribution in [0, 0.1) is 0 Å². The minimum atomic E-state index is -0.854. The molecule has 49 heavy (non-hydrogen) atoms. The van der Waals surface area contributed by atoms with Crippen molar-refractivity contribution in [2.24, 2.45) is 0 Å². The number of rotatable bonds is 12. The van der Waals surface area contributed by atoms with E-state index in [2.05, 4.69) is 78.2 Å². The summed E-state index contributed by atoms with van der Waals surface area (Å²) in [6.07, 6.45) is 3.48. The molecule has 2 heterocycles. The van der Waals surface area contributed by atoms with Crippen molar-refractivity contribution >= 4 is 6.29 Å². The second-order valence-electron chi connectivity index (χ2n) is 12.1. The van der Waals surface area contributed by atoms with E-state index >= 15 is 0 Å². The first kappa shape index (κ1) is 31.6. The molecule has 0 N–H and O–H groups in total. The van der Waals surface area contributed by atoms with Crippen LogP contribution in [0.5, 0.6) is 0 Å². The molecule has 0 fully saturated rings. The molecule has 0 amide bonds. The van der Waals surface area contributed by atoms with E-state index in [-0.39, 0.29) is 0 Å². The first-order valence-corrected chi connectivity index (χ1v) is 16.9. The first-order chi connectivity index (χ1) is 24.2. The highest BCUT2D eigenvalue weighted by Crippen LogP contribution is 2.40. The van der Waals surface area contributed by atoms with Gasteiger partial charge in [-0.05, 0) is 51.4 Å². The zero-order valence-electron chi connectivity index (χ0n) is 27.8. The maximum atomic E-state index is 12.1. The van der Waals surface area contributed by atoms with Crippen LogP contribution in [0.4, 0.5) is 0 Å². The molecular formula is C42H38N6O. The fraction of sp³-hybridized carbons (Fsp3) is 0.167. The number of hydrogen-bond acceptors (Lipinski definition) is 5. The quantitative estimate of drug-likeness (QED) is 0.0988. The van der Waals surface area contributed by atoms with Crippen molar-refractivity contribution in [3.05, 3.63) is 179 Å². The summed E-state index contributed by atoms with van der Waals surface area (Å²) in [4.78, 5) is 18.6. The molecule has 7 rings (SSSR count). The van der Waals surface area contributed by atoms with E-state index in [4.69, 9.17) is 20.4 Å². The fourth-order valence-corrected chi connectivity index (χ4v) is 6.80. The van der Waals surface area contributed by atoms with Crippen molar-refractivity contribution < 1.29 is 4.79 Å². The molecule has 0 spiro atoms. The van der Waals surface area contributed by atoms with Crippen molar-refractivity contribution in [1.82, 2.24) is 29.8 Å². The molecule has 0 aliphatic heterocycles. The van der Waals surface area contributed by atoms with Crippen LogP contribution in [0.3, 0.4) is 0 Å². The Labute approximate surface area is 286 Å². The lowest BCUT2D eigenvalue weighted by Gasteiger charge is -2.34. The van der Waals surface area contributed by atoms with Crippen LogP contribution in [0.2, 0.25) is 0 Å². The molecule has 242 valence electrons. The van der Waals surface area contributed by atoms with Gasteiger partial charge in [-0.2, -0.15) is 0 Å². The summed E-state index contributed by atoms with van der Waals surface area (Å²) in [5.41, 5.74) is 7.82. The Morgan fingerprint density at radius 2 is 1.22 bits per heavy atom. The Bertz CT molecular complexity index is 2060. The van der Waals surface area contributed by atoms with Crippen molar-refractivity contribution in [2.45, 2.75) is 45.2 Å². The van der Waals surface area contributed by atoms with Crippen LogP contribution < -0.4 is 0 Å². The van der Waals surface area contributed by atoms with Crippen molar-refractivity contribution in [3.63, 3.8) is 0 Å². The summed E-state index contributed by atoms with van der Waals surface area (Å²) < 4.78 is 2.07. The summed E-state index contributed by atoms with van der Waals surface area (Å²) in [5.74, 6) is 1.50. The lowest BCUT2D eigenvalue weighted by Crippen LogP contribution is -2.39. The number of aromatic nitrogens is 6. The third-order valence-electron chi connectivity index (χ3n) is 9.14. The van der Waals surface area contributed by atoms with Gasteiger partial charge in [-0.25, -0.2) is 4.98 Å². The Hall–Kier alpha value is -5.95. The number of carbonyl (C=O) groups is 1. The van der Waals surface area contributed by atoms with E-state index in [1.54, 1.807) is 4.80 Å². The molecule has 7 heteroatoms. The average Bonchev–Trinajstić information content (AvgIpc) is 3.79. The van der Waals surface area contributed by atoms with Crippen LogP contribution in [-0.2, 0) is 24.9 Å². The Balaban J connectivity index is 1.29. The summed E-state index contributed by atoms with van der Waals surface area (Å²) in [7, 11) is 0. The fourth-order valence-electron chi connectivity index (χ4n) is 6.80. The third-order valence-corrected chi connectivity index (χ3v) is 9.14. The summed E-state index contributed by atoms with van der Waals surface area (Å²) in [6, 6.07) is 47.7. The van der Waals surface area contributed by atoms with Gasteiger partial charge in [-0.15, -0.1) is 15.0 Å². The normalized spacial score (nSPS) is 11.5. The zero-order valence-corrected chi connectivity index (χ0v) is 27.8. The smallest absolute Gasteiger partial charge is 0.205 e. The van der Waals surface area contributed by atoms with E-state index < -0.39 is 5.54 Å². The predicted molar refractivity (Wildman–Crippen MR) is 193 cm³/mol. The van der Waals surface area contributed by atoms with Crippen LogP contribution in [-0.4, -0.2) is 36.0 Å². The van der Waals surface area contributed by atoms with E-state index in [9.17, 15) is 4.79 Å². The average molecular weight is 643 g/mol. The van der Waals surface area contributed by atoms with Gasteiger partial charge in [0.15, 0.2) is 11.8 Å². The second-order valence-corrected chi connectivity index (χ2v) is 12.1. The Morgan fingerprint density at radius 3 is 1.76 bits per heavy atom. The van der Waals surface area contributed by atoms with Gasteiger partial charge in [0.2, 0.25) is 5.82 Å². The van der Waals surface area contributed by atoms with Gasteiger partial charge in [-0.3, -0.25) is 4.79 Å². The molecule has 0 saturated carbocycles. The maximum Gasteiger partial charge on any atom is 0.205 e. The number of nitrogens with zero attached hydrogens (tertiary/aromatic N) is 6. The molecule has 0 saturated heterocycles. The molecular weight excluding hydrogens is 605 g/mol. The zero-order chi connectivity index (χ0) is 33.6. The van der Waals surface area contributed by atoms with Gasteiger partial charge < -0.3 is 4.57 Å². The number of aldehydes is 1. The summed E-state index contributed by atoms with van der Waals surface area (Å²) in [5, 5.41) is 14.6. The number of aryl methyl sites for hydroxylation is 2. The van der Waals surface area contributed by atoms with Gasteiger partial charge in [0, 0.05) is 18.5 Å². The molecule has 0 radical (unpaired) electrons. The number of imidazole rings is 1. The topological polar surface area (TPSA) is 78.5 Å². The molecule has 7 nitrogen and oxygen atoms in total. The van der Waals surface area contributed by atoms with E-state index in [1.165, 1.54) is 0 Å². The van der Waals surface area contributed by atoms with Gasteiger partial charge in [-0.1, -0.05) is 153 Å². The molecule has 0 unspecified atom stereocenters. The molecule has 2 aromatic heterocycles. The number of benzene rings is 5. The lowest BCUT2D eigenvalue weighted by molar-refractivity contribution is 0.111. The van der Waals surface area contributed by atoms with Crippen LogP contribution in [0.15, 0.2) is 140 Å². The number of tetrazole rings is 1. The molecule has 0 aliphatic rings. The molecule has 0 atom stereocenters. The number of carbonyl (C=O) groups excluding carboxylic acids is 1. The molecule has 5 aromatic carbocycles. The van der Waals surface area contributed by atoms with Crippen molar-refractivity contribution in [2.75, 3.05) is 0 Å². The highest BCUT2D eigenvalue weighted by molar-refractivity contribution is 5.80. The largest absolute Gasteiger partial charge is 0.321 e. The minimum Gasteiger partial charge on any atom is -0.321 e. The van der Waals surface area contributed by atoms with Crippen molar-refractivity contribution in [3.8, 4) is 22.5 Å². The summed E-state index contributed by atoms with van der Waals surface area (Å²) >= 11 is 0. The monoisotopic (exact) mass is 642 g/mol. The van der Waals surface area contributed by atoms with Crippen LogP contribution in [0.25, 0.3) is 22.5 Å². The predicted octanol–water partition coefficient (Wildman–Crippen LogP) is 8.42. The van der Waals surface area contributed by atoms with Crippen LogP contribution >= 0.6 is 0 Å². The van der Waals surface area contributed by atoms with Gasteiger partial charge >= 0.3 is 0 Å². The van der Waals surface area contributed by atoms with Gasteiger partial charge in [0.05, 0.1) is 5.69 Å². The maximum absolute atomic E-state index is 12.1. The molecule has 7 aromatic rings. The lowest BCUT2D eigenvalue weighted by atomic mass is 9.77. The van der Waals surface area contributed by atoms with E-state index in [0.717, 1.165) is 76.0 Å².